The Labute approximate surface area is 240 Å². The lowest BCUT2D eigenvalue weighted by atomic mass is 9.90. The van der Waals surface area contributed by atoms with E-state index in [4.69, 9.17) is 14.4 Å². The van der Waals surface area contributed by atoms with Crippen molar-refractivity contribution in [3.8, 4) is 0 Å². The second kappa shape index (κ2) is 12.6. The molecule has 5 aromatic rings. The average Bonchev–Trinajstić information content (AvgIpc) is 3.35. The molecule has 1 unspecified atom stereocenters. The minimum absolute atomic E-state index is 0. The average molecular weight is 585 g/mol. The second-order valence-electron chi connectivity index (χ2n) is 10.2. The highest BCUT2D eigenvalue weighted by Gasteiger charge is 2.28. The van der Waals surface area contributed by atoms with Crippen molar-refractivity contribution >= 4 is 28.1 Å². The topological polar surface area (TPSA) is 67.1 Å². The quantitative estimate of drug-likeness (QED) is 0.204. The molecule has 39 heavy (non-hydrogen) atoms. The zero-order valence-corrected chi connectivity index (χ0v) is 23.9. The highest BCUT2D eigenvalue weighted by molar-refractivity contribution is 8.93. The van der Waals surface area contributed by atoms with Gasteiger partial charge < -0.3 is 9.73 Å². The predicted molar refractivity (Wildman–Crippen MR) is 159 cm³/mol. The third-order valence-electron chi connectivity index (χ3n) is 7.30. The number of benzene rings is 2. The summed E-state index contributed by atoms with van der Waals surface area (Å²) in [6, 6.07) is 25.6. The Morgan fingerprint density at radius 1 is 0.897 bits per heavy atom. The van der Waals surface area contributed by atoms with Crippen molar-refractivity contribution in [3.63, 3.8) is 0 Å². The first-order valence-electron chi connectivity index (χ1n) is 13.4. The van der Waals surface area contributed by atoms with Crippen molar-refractivity contribution in [2.45, 2.75) is 58.4 Å². The monoisotopic (exact) mass is 583 g/mol. The summed E-state index contributed by atoms with van der Waals surface area (Å²) in [4.78, 5) is 16.5. The fourth-order valence-electron chi connectivity index (χ4n) is 5.37. The Morgan fingerprint density at radius 2 is 1.74 bits per heavy atom. The van der Waals surface area contributed by atoms with Gasteiger partial charge in [-0.1, -0.05) is 42.5 Å². The van der Waals surface area contributed by atoms with Gasteiger partial charge in [0.2, 0.25) is 5.89 Å². The van der Waals surface area contributed by atoms with Crippen LogP contribution in [-0.2, 0) is 32.6 Å². The molecule has 1 aliphatic carbocycles. The van der Waals surface area contributed by atoms with E-state index >= 15 is 0 Å². The van der Waals surface area contributed by atoms with Gasteiger partial charge >= 0.3 is 0 Å². The number of hydrogen-bond acceptors (Lipinski definition) is 6. The van der Waals surface area contributed by atoms with E-state index in [1.54, 1.807) is 0 Å². The molecule has 6 rings (SSSR count). The Kier molecular flexibility index (Phi) is 8.81. The summed E-state index contributed by atoms with van der Waals surface area (Å²) in [7, 11) is 0. The van der Waals surface area contributed by atoms with Crippen LogP contribution in [0.2, 0.25) is 0 Å². The van der Waals surface area contributed by atoms with E-state index in [2.05, 4.69) is 70.7 Å². The Morgan fingerprint density at radius 3 is 2.59 bits per heavy atom. The van der Waals surface area contributed by atoms with E-state index in [-0.39, 0.29) is 23.0 Å². The van der Waals surface area contributed by atoms with Crippen molar-refractivity contribution in [2.75, 3.05) is 0 Å². The van der Waals surface area contributed by atoms with Gasteiger partial charge in [-0.3, -0.25) is 14.9 Å². The van der Waals surface area contributed by atoms with Crippen LogP contribution in [0.4, 0.5) is 0 Å². The van der Waals surface area contributed by atoms with Crippen molar-refractivity contribution in [3.05, 3.63) is 125 Å². The van der Waals surface area contributed by atoms with Crippen LogP contribution >= 0.6 is 17.0 Å². The van der Waals surface area contributed by atoms with Crippen LogP contribution in [0.15, 0.2) is 89.6 Å². The lowest BCUT2D eigenvalue weighted by molar-refractivity contribution is 0.143. The van der Waals surface area contributed by atoms with Crippen LogP contribution in [0.1, 0.15) is 58.4 Å². The number of rotatable bonds is 9. The first-order chi connectivity index (χ1) is 18.7. The zero-order valence-electron chi connectivity index (χ0n) is 22.2. The lowest BCUT2D eigenvalue weighted by Crippen LogP contribution is -2.31. The molecule has 0 bridgehead atoms. The van der Waals surface area contributed by atoms with Gasteiger partial charge in [0.15, 0.2) is 5.58 Å². The highest BCUT2D eigenvalue weighted by atomic mass is 79.9. The standard InChI is InChI=1S/C32H33N5O.BrH/c1-23-10-15-28-30(18-23)38-31(36-28)22-37(29-9-4-6-26-7-5-17-35-32(26)29)21-25-13-11-24(12-14-25)19-33-20-27-8-2-3-16-34-27;/h2-3,5,7-8,10-18,29,33H,4,6,9,19-22H2,1H3;1H. The van der Waals surface area contributed by atoms with Gasteiger partial charge in [-0.05, 0) is 78.8 Å². The number of nitrogens with one attached hydrogen (secondary N) is 1. The molecule has 1 aliphatic rings. The largest absolute Gasteiger partial charge is 0.439 e. The van der Waals surface area contributed by atoms with Crippen molar-refractivity contribution in [1.29, 1.82) is 0 Å². The molecule has 0 radical (unpaired) electrons. The maximum Gasteiger partial charge on any atom is 0.209 e. The maximum absolute atomic E-state index is 6.21. The third kappa shape index (κ3) is 6.61. The van der Waals surface area contributed by atoms with E-state index in [9.17, 15) is 0 Å². The molecule has 2 aromatic carbocycles. The van der Waals surface area contributed by atoms with Gasteiger partial charge in [-0.15, -0.1) is 17.0 Å². The summed E-state index contributed by atoms with van der Waals surface area (Å²) in [6.07, 6.45) is 7.09. The molecule has 0 saturated carbocycles. The Balaban J connectivity index is 0.00000308. The molecular weight excluding hydrogens is 550 g/mol. The normalized spacial score (nSPS) is 14.8. The first kappa shape index (κ1) is 27.2. The number of hydrogen-bond donors (Lipinski definition) is 1. The SMILES string of the molecule is Br.Cc1ccc2nc(CN(Cc3ccc(CNCc4ccccn4)cc3)C3CCCc4cccnc43)oc2c1. The molecule has 1 atom stereocenters. The number of oxazole rings is 1. The first-order valence-corrected chi connectivity index (χ1v) is 13.4. The Hall–Kier alpha value is -3.39. The summed E-state index contributed by atoms with van der Waals surface area (Å²) >= 11 is 0. The molecule has 6 nitrogen and oxygen atoms in total. The van der Waals surface area contributed by atoms with Crippen LogP contribution < -0.4 is 5.32 Å². The molecule has 0 spiro atoms. The smallest absolute Gasteiger partial charge is 0.209 e. The van der Waals surface area contributed by atoms with E-state index in [0.717, 1.165) is 61.6 Å². The molecule has 0 saturated heterocycles. The van der Waals surface area contributed by atoms with Crippen molar-refractivity contribution in [2.24, 2.45) is 0 Å². The highest BCUT2D eigenvalue weighted by Crippen LogP contribution is 2.35. The minimum atomic E-state index is 0. The summed E-state index contributed by atoms with van der Waals surface area (Å²) < 4.78 is 6.21. The summed E-state index contributed by atoms with van der Waals surface area (Å²) in [6.45, 7) is 5.09. The van der Waals surface area contributed by atoms with Crippen LogP contribution in [-0.4, -0.2) is 19.9 Å². The molecule has 0 aliphatic heterocycles. The number of aromatic nitrogens is 3. The molecule has 1 N–H and O–H groups in total. The van der Waals surface area contributed by atoms with E-state index in [1.165, 1.54) is 27.9 Å². The number of pyridine rings is 2. The van der Waals surface area contributed by atoms with Crippen LogP contribution in [0, 0.1) is 6.92 Å². The van der Waals surface area contributed by atoms with Gasteiger partial charge in [-0.2, -0.15) is 0 Å². The molecule has 7 heteroatoms. The summed E-state index contributed by atoms with van der Waals surface area (Å²) in [5.74, 6) is 0.754. The molecule has 0 amide bonds. The van der Waals surface area contributed by atoms with Crippen LogP contribution in [0.25, 0.3) is 11.1 Å². The van der Waals surface area contributed by atoms with Crippen LogP contribution in [0.3, 0.4) is 0 Å². The number of halogens is 1. The number of nitrogens with zero attached hydrogens (tertiary/aromatic N) is 4. The maximum atomic E-state index is 6.21. The minimum Gasteiger partial charge on any atom is -0.439 e. The van der Waals surface area contributed by atoms with E-state index in [1.807, 2.05) is 36.7 Å². The van der Waals surface area contributed by atoms with Crippen molar-refractivity contribution in [1.82, 2.24) is 25.2 Å². The number of fused-ring (bicyclic) bond motifs is 2. The van der Waals surface area contributed by atoms with Gasteiger partial charge in [0.1, 0.15) is 5.52 Å². The molecule has 3 heterocycles. The van der Waals surface area contributed by atoms with E-state index in [0.29, 0.717) is 6.54 Å². The molecule has 3 aromatic heterocycles. The lowest BCUT2D eigenvalue weighted by Gasteiger charge is -2.34. The fourth-order valence-corrected chi connectivity index (χ4v) is 5.37. The fraction of sp³-hybridized carbons (Fsp3) is 0.281. The summed E-state index contributed by atoms with van der Waals surface area (Å²) in [5.41, 5.74) is 9.08. The Bertz CT molecular complexity index is 1500. The molecule has 200 valence electrons. The van der Waals surface area contributed by atoms with Crippen molar-refractivity contribution < 1.29 is 4.42 Å². The summed E-state index contributed by atoms with van der Waals surface area (Å²) in [5, 5.41) is 3.49. The molecular formula is C32H34BrN5O. The number of aryl methyl sites for hydroxylation is 2. The van der Waals surface area contributed by atoms with Gasteiger partial charge in [-0.25, -0.2) is 4.98 Å². The zero-order chi connectivity index (χ0) is 25.7. The van der Waals surface area contributed by atoms with E-state index < -0.39 is 0 Å². The van der Waals surface area contributed by atoms with Gasteiger partial charge in [0.25, 0.3) is 0 Å². The molecule has 0 fully saturated rings. The van der Waals surface area contributed by atoms with Gasteiger partial charge in [0, 0.05) is 32.0 Å². The van der Waals surface area contributed by atoms with Crippen LogP contribution in [0.5, 0.6) is 0 Å². The predicted octanol–water partition coefficient (Wildman–Crippen LogP) is 6.87. The second-order valence-corrected chi connectivity index (χ2v) is 10.2. The third-order valence-corrected chi connectivity index (χ3v) is 7.30. The van der Waals surface area contributed by atoms with Gasteiger partial charge in [0.05, 0.1) is 24.0 Å².